The predicted molar refractivity (Wildman–Crippen MR) is 72.0 cm³/mol. The molecule has 0 radical (unpaired) electrons. The fraction of sp³-hybridized carbons (Fsp3) is 0.700. The highest BCUT2D eigenvalue weighted by atomic mass is 32.2. The highest BCUT2D eigenvalue weighted by molar-refractivity contribution is 7.91. The molecule has 0 aliphatic rings. The van der Waals surface area contributed by atoms with Crippen LogP contribution in [0, 0.1) is 13.8 Å². The van der Waals surface area contributed by atoms with Crippen LogP contribution in [0.1, 0.15) is 24.7 Å². The van der Waals surface area contributed by atoms with Gasteiger partial charge in [0.25, 0.3) is 0 Å². The number of hydrogen-bond acceptors (Lipinski definition) is 5. The van der Waals surface area contributed by atoms with Gasteiger partial charge >= 0.3 is 0 Å². The number of hydrogen-bond donors (Lipinski definition) is 1. The zero-order valence-electron chi connectivity index (χ0n) is 11.2. The Balaban J connectivity index is 3.00. The van der Waals surface area contributed by atoms with Crippen molar-refractivity contribution in [3.8, 4) is 0 Å². The fourth-order valence-corrected chi connectivity index (χ4v) is 4.20. The minimum atomic E-state index is -3.84. The standard InChI is InChI=1S/C10H19N3O4S2/c1-4-6-18(14,15)7-5-13-9(3)10(8(2)12-13)19(11,16)17/h4-7H2,1-3H3,(H2,11,16,17). The number of sulfonamides is 1. The summed E-state index contributed by atoms with van der Waals surface area (Å²) in [6.07, 6.45) is 0.557. The minimum Gasteiger partial charge on any atom is -0.267 e. The molecule has 0 saturated carbocycles. The number of nitrogens with two attached hydrogens (primary N) is 1. The van der Waals surface area contributed by atoms with Gasteiger partial charge in [-0.1, -0.05) is 6.92 Å². The van der Waals surface area contributed by atoms with E-state index in [0.29, 0.717) is 12.1 Å². The lowest BCUT2D eigenvalue weighted by Gasteiger charge is -2.05. The summed E-state index contributed by atoms with van der Waals surface area (Å²) >= 11 is 0. The van der Waals surface area contributed by atoms with E-state index in [2.05, 4.69) is 5.10 Å². The molecular weight excluding hydrogens is 290 g/mol. The number of aromatic nitrogens is 2. The van der Waals surface area contributed by atoms with Crippen LogP contribution < -0.4 is 5.14 Å². The van der Waals surface area contributed by atoms with E-state index >= 15 is 0 Å². The average Bonchev–Trinajstić information content (AvgIpc) is 2.50. The minimum absolute atomic E-state index is 0.0274. The third-order valence-electron chi connectivity index (χ3n) is 2.73. The molecule has 0 aromatic carbocycles. The van der Waals surface area contributed by atoms with E-state index in [-0.39, 0.29) is 28.6 Å². The van der Waals surface area contributed by atoms with E-state index in [1.54, 1.807) is 13.8 Å². The average molecular weight is 309 g/mol. The monoisotopic (exact) mass is 309 g/mol. The van der Waals surface area contributed by atoms with Crippen molar-refractivity contribution in [2.45, 2.75) is 38.6 Å². The molecule has 0 unspecified atom stereocenters. The number of aryl methyl sites for hydroxylation is 2. The van der Waals surface area contributed by atoms with E-state index in [0.717, 1.165) is 0 Å². The predicted octanol–water partition coefficient (Wildman–Crippen LogP) is -0.0279. The van der Waals surface area contributed by atoms with Crippen LogP contribution in [-0.2, 0) is 26.4 Å². The molecule has 0 spiro atoms. The van der Waals surface area contributed by atoms with Gasteiger partial charge in [-0.2, -0.15) is 5.10 Å². The van der Waals surface area contributed by atoms with Gasteiger partial charge in [0, 0.05) is 5.75 Å². The van der Waals surface area contributed by atoms with E-state index in [9.17, 15) is 16.8 Å². The van der Waals surface area contributed by atoms with Crippen molar-refractivity contribution in [1.82, 2.24) is 9.78 Å². The van der Waals surface area contributed by atoms with Crippen LogP contribution in [-0.4, -0.2) is 38.1 Å². The van der Waals surface area contributed by atoms with Crippen LogP contribution in [0.25, 0.3) is 0 Å². The molecule has 1 heterocycles. The van der Waals surface area contributed by atoms with Gasteiger partial charge in [-0.05, 0) is 20.3 Å². The smallest absolute Gasteiger partial charge is 0.241 e. The Kier molecular flexibility index (Phi) is 4.75. The van der Waals surface area contributed by atoms with Crippen molar-refractivity contribution in [2.24, 2.45) is 5.14 Å². The van der Waals surface area contributed by atoms with Crippen LogP contribution in [0.15, 0.2) is 4.90 Å². The summed E-state index contributed by atoms with van der Waals surface area (Å²) in [5, 5.41) is 9.13. The lowest BCUT2D eigenvalue weighted by molar-refractivity contribution is 0.574. The fourth-order valence-electron chi connectivity index (χ4n) is 1.95. The molecule has 0 aliphatic heterocycles. The molecule has 7 nitrogen and oxygen atoms in total. The van der Waals surface area contributed by atoms with Gasteiger partial charge in [0.2, 0.25) is 10.0 Å². The van der Waals surface area contributed by atoms with Crippen LogP contribution in [0.5, 0.6) is 0 Å². The maximum Gasteiger partial charge on any atom is 0.241 e. The second-order valence-electron chi connectivity index (χ2n) is 4.42. The summed E-state index contributed by atoms with van der Waals surface area (Å²) in [7, 11) is -6.97. The number of sulfone groups is 1. The molecule has 2 N–H and O–H groups in total. The van der Waals surface area contributed by atoms with Gasteiger partial charge in [0.15, 0.2) is 9.84 Å². The third kappa shape index (κ3) is 4.02. The Labute approximate surface area is 113 Å². The van der Waals surface area contributed by atoms with Crippen LogP contribution >= 0.6 is 0 Å². The quantitative estimate of drug-likeness (QED) is 0.793. The third-order valence-corrected chi connectivity index (χ3v) is 5.72. The largest absolute Gasteiger partial charge is 0.267 e. The molecule has 0 saturated heterocycles. The molecule has 0 amide bonds. The maximum absolute atomic E-state index is 11.6. The van der Waals surface area contributed by atoms with Gasteiger partial charge in [-0.3, -0.25) is 4.68 Å². The zero-order valence-corrected chi connectivity index (χ0v) is 12.9. The second kappa shape index (κ2) is 5.59. The first-order valence-electron chi connectivity index (χ1n) is 5.85. The van der Waals surface area contributed by atoms with Gasteiger partial charge in [-0.25, -0.2) is 22.0 Å². The summed E-state index contributed by atoms with van der Waals surface area (Å²) in [5.41, 5.74) is 0.652. The Bertz CT molecular complexity index is 659. The molecule has 110 valence electrons. The highest BCUT2D eigenvalue weighted by Crippen LogP contribution is 2.17. The van der Waals surface area contributed by atoms with Crippen LogP contribution in [0.3, 0.4) is 0 Å². The summed E-state index contributed by atoms with van der Waals surface area (Å²) in [6, 6.07) is 0. The molecule has 0 aliphatic carbocycles. The Morgan fingerprint density at radius 1 is 1.16 bits per heavy atom. The van der Waals surface area contributed by atoms with Crippen molar-refractivity contribution >= 4 is 19.9 Å². The van der Waals surface area contributed by atoms with E-state index < -0.39 is 19.9 Å². The van der Waals surface area contributed by atoms with Gasteiger partial charge in [0.05, 0.1) is 23.7 Å². The number of primary sulfonamides is 1. The lowest BCUT2D eigenvalue weighted by Crippen LogP contribution is -2.18. The summed E-state index contributed by atoms with van der Waals surface area (Å²) in [6.45, 7) is 5.01. The normalized spacial score (nSPS) is 12.8. The van der Waals surface area contributed by atoms with E-state index in [1.165, 1.54) is 11.6 Å². The zero-order chi connectivity index (χ0) is 14.8. The molecule has 0 atom stereocenters. The topological polar surface area (TPSA) is 112 Å². The molecule has 1 aromatic heterocycles. The molecule has 19 heavy (non-hydrogen) atoms. The lowest BCUT2D eigenvalue weighted by atomic mass is 10.4. The van der Waals surface area contributed by atoms with Crippen LogP contribution in [0.4, 0.5) is 0 Å². The molecule has 1 rings (SSSR count). The first kappa shape index (κ1) is 16.1. The van der Waals surface area contributed by atoms with Crippen LogP contribution in [0.2, 0.25) is 0 Å². The molecule has 0 bridgehead atoms. The Morgan fingerprint density at radius 2 is 1.74 bits per heavy atom. The first-order chi connectivity index (χ1) is 8.58. The number of nitrogens with zero attached hydrogens (tertiary/aromatic N) is 2. The van der Waals surface area contributed by atoms with Crippen molar-refractivity contribution in [3.63, 3.8) is 0 Å². The Morgan fingerprint density at radius 3 is 2.16 bits per heavy atom. The van der Waals surface area contributed by atoms with Gasteiger partial charge < -0.3 is 0 Å². The molecule has 9 heteroatoms. The van der Waals surface area contributed by atoms with E-state index in [1.807, 2.05) is 0 Å². The molecule has 1 aromatic rings. The first-order valence-corrected chi connectivity index (χ1v) is 9.22. The van der Waals surface area contributed by atoms with Gasteiger partial charge in [-0.15, -0.1) is 0 Å². The Hall–Kier alpha value is -0.930. The van der Waals surface area contributed by atoms with Crippen molar-refractivity contribution < 1.29 is 16.8 Å². The second-order valence-corrected chi connectivity index (χ2v) is 8.22. The van der Waals surface area contributed by atoms with Crippen molar-refractivity contribution in [2.75, 3.05) is 11.5 Å². The van der Waals surface area contributed by atoms with Crippen molar-refractivity contribution in [3.05, 3.63) is 11.4 Å². The summed E-state index contributed by atoms with van der Waals surface area (Å²) in [5.74, 6) is 0.0567. The van der Waals surface area contributed by atoms with Gasteiger partial charge in [0.1, 0.15) is 4.90 Å². The number of rotatable bonds is 6. The summed E-state index contributed by atoms with van der Waals surface area (Å²) in [4.78, 5) is -0.0274. The van der Waals surface area contributed by atoms with E-state index in [4.69, 9.17) is 5.14 Å². The highest BCUT2D eigenvalue weighted by Gasteiger charge is 2.21. The maximum atomic E-state index is 11.6. The molecular formula is C10H19N3O4S2. The van der Waals surface area contributed by atoms with Crippen molar-refractivity contribution in [1.29, 1.82) is 0 Å². The molecule has 0 fully saturated rings. The summed E-state index contributed by atoms with van der Waals surface area (Å²) < 4.78 is 47.4. The SMILES string of the molecule is CCCS(=O)(=O)CCn1nc(C)c(S(N)(=O)=O)c1C.